The van der Waals surface area contributed by atoms with Gasteiger partial charge in [-0.15, -0.1) is 0 Å². The average molecular weight is 430 g/mol. The molecule has 0 fully saturated rings. The third-order valence-electron chi connectivity index (χ3n) is 4.11. The first-order chi connectivity index (χ1) is 13.1. The molecule has 5 nitrogen and oxygen atoms in total. The Morgan fingerprint density at radius 3 is 2.48 bits per heavy atom. The molecule has 1 heterocycles. The molecule has 0 spiro atoms. The Hall–Kier alpha value is -2.73. The highest BCUT2D eigenvalue weighted by Crippen LogP contribution is 2.28. The van der Waals surface area contributed by atoms with Crippen molar-refractivity contribution >= 4 is 21.8 Å². The third kappa shape index (κ3) is 4.71. The summed E-state index contributed by atoms with van der Waals surface area (Å²) < 4.78 is 17.0. The molecule has 3 rings (SSSR count). The SMILES string of the molecule is COc1ccc(CN(Cc2ccco2)C(=O)c2cccc(Br)c2)cc1OC. The maximum Gasteiger partial charge on any atom is 0.254 e. The zero-order valence-corrected chi connectivity index (χ0v) is 16.7. The lowest BCUT2D eigenvalue weighted by atomic mass is 10.1. The Labute approximate surface area is 166 Å². The number of amides is 1. The lowest BCUT2D eigenvalue weighted by Crippen LogP contribution is -2.30. The van der Waals surface area contributed by atoms with Crippen LogP contribution in [0.15, 0.2) is 69.8 Å². The molecule has 0 N–H and O–H groups in total. The van der Waals surface area contributed by atoms with Gasteiger partial charge < -0.3 is 18.8 Å². The molecule has 0 radical (unpaired) electrons. The second-order valence-corrected chi connectivity index (χ2v) is 6.86. The van der Waals surface area contributed by atoms with E-state index >= 15 is 0 Å². The normalized spacial score (nSPS) is 10.5. The van der Waals surface area contributed by atoms with Crippen molar-refractivity contribution in [2.45, 2.75) is 13.1 Å². The van der Waals surface area contributed by atoms with Crippen LogP contribution >= 0.6 is 15.9 Å². The number of carbonyl (C=O) groups excluding carboxylic acids is 1. The Balaban J connectivity index is 1.89. The van der Waals surface area contributed by atoms with Crippen molar-refractivity contribution in [1.29, 1.82) is 0 Å². The monoisotopic (exact) mass is 429 g/mol. The van der Waals surface area contributed by atoms with Gasteiger partial charge in [0, 0.05) is 16.6 Å². The Kier molecular flexibility index (Phi) is 6.19. The Bertz CT molecular complexity index is 908. The minimum atomic E-state index is -0.0810. The Morgan fingerprint density at radius 2 is 1.81 bits per heavy atom. The lowest BCUT2D eigenvalue weighted by Gasteiger charge is -2.22. The smallest absolute Gasteiger partial charge is 0.254 e. The number of rotatable bonds is 7. The molecular formula is C21H20BrNO4. The first kappa shape index (κ1) is 19.0. The number of hydrogen-bond donors (Lipinski definition) is 0. The number of benzene rings is 2. The predicted octanol–water partition coefficient (Wildman–Crippen LogP) is 4.90. The van der Waals surface area contributed by atoms with E-state index in [2.05, 4.69) is 15.9 Å². The maximum atomic E-state index is 13.1. The highest BCUT2D eigenvalue weighted by atomic mass is 79.9. The quantitative estimate of drug-likeness (QED) is 0.535. The molecule has 1 aromatic heterocycles. The molecule has 0 atom stereocenters. The predicted molar refractivity (Wildman–Crippen MR) is 106 cm³/mol. The number of methoxy groups -OCH3 is 2. The third-order valence-corrected chi connectivity index (χ3v) is 4.60. The summed E-state index contributed by atoms with van der Waals surface area (Å²) in [5.41, 5.74) is 1.54. The van der Waals surface area contributed by atoms with Crippen LogP contribution in [-0.2, 0) is 13.1 Å². The zero-order valence-electron chi connectivity index (χ0n) is 15.1. The van der Waals surface area contributed by atoms with Gasteiger partial charge in [0.15, 0.2) is 11.5 Å². The van der Waals surface area contributed by atoms with Crippen LogP contribution in [0.25, 0.3) is 0 Å². The van der Waals surface area contributed by atoms with Crippen molar-refractivity contribution in [2.75, 3.05) is 14.2 Å². The number of halogens is 1. The molecule has 0 saturated heterocycles. The van der Waals surface area contributed by atoms with Crippen LogP contribution in [0, 0.1) is 0 Å². The van der Waals surface area contributed by atoms with Crippen molar-refractivity contribution < 1.29 is 18.7 Å². The number of furan rings is 1. The summed E-state index contributed by atoms with van der Waals surface area (Å²) in [6, 6.07) is 16.7. The average Bonchev–Trinajstić information content (AvgIpc) is 3.20. The van der Waals surface area contributed by atoms with Crippen LogP contribution in [-0.4, -0.2) is 25.0 Å². The van der Waals surface area contributed by atoms with E-state index in [-0.39, 0.29) is 5.91 Å². The summed E-state index contributed by atoms with van der Waals surface area (Å²) in [6.45, 7) is 0.777. The van der Waals surface area contributed by atoms with Crippen LogP contribution in [0.1, 0.15) is 21.7 Å². The summed E-state index contributed by atoms with van der Waals surface area (Å²) in [6.07, 6.45) is 1.60. The molecule has 6 heteroatoms. The second-order valence-electron chi connectivity index (χ2n) is 5.94. The van der Waals surface area contributed by atoms with Gasteiger partial charge in [-0.3, -0.25) is 4.79 Å². The molecule has 0 bridgehead atoms. The summed E-state index contributed by atoms with van der Waals surface area (Å²) in [5.74, 6) is 1.92. The van der Waals surface area contributed by atoms with Gasteiger partial charge in [0.2, 0.25) is 0 Å². The summed E-state index contributed by atoms with van der Waals surface area (Å²) in [7, 11) is 3.19. The Morgan fingerprint density at radius 1 is 1.00 bits per heavy atom. The minimum absolute atomic E-state index is 0.0810. The second kappa shape index (κ2) is 8.77. The molecule has 0 unspecified atom stereocenters. The van der Waals surface area contributed by atoms with E-state index in [1.165, 1.54) is 0 Å². The first-order valence-corrected chi connectivity index (χ1v) is 9.18. The van der Waals surface area contributed by atoms with Crippen molar-refractivity contribution in [2.24, 2.45) is 0 Å². The number of ether oxygens (including phenoxy) is 2. The van der Waals surface area contributed by atoms with Crippen molar-refractivity contribution in [3.8, 4) is 11.5 Å². The first-order valence-electron chi connectivity index (χ1n) is 8.39. The summed E-state index contributed by atoms with van der Waals surface area (Å²) in [4.78, 5) is 14.9. The van der Waals surface area contributed by atoms with Crippen LogP contribution in [0.4, 0.5) is 0 Å². The number of carbonyl (C=O) groups is 1. The molecule has 27 heavy (non-hydrogen) atoms. The van der Waals surface area contributed by atoms with E-state index in [1.54, 1.807) is 31.4 Å². The lowest BCUT2D eigenvalue weighted by molar-refractivity contribution is 0.0717. The molecule has 1 amide bonds. The molecule has 2 aromatic carbocycles. The highest BCUT2D eigenvalue weighted by Gasteiger charge is 2.19. The molecule has 140 valence electrons. The van der Waals surface area contributed by atoms with Crippen molar-refractivity contribution in [3.63, 3.8) is 0 Å². The topological polar surface area (TPSA) is 51.9 Å². The molecule has 0 aliphatic carbocycles. The molecule has 0 saturated carbocycles. The van der Waals surface area contributed by atoms with Crippen LogP contribution in [0.3, 0.4) is 0 Å². The summed E-state index contributed by atoms with van der Waals surface area (Å²) in [5, 5.41) is 0. The van der Waals surface area contributed by atoms with E-state index in [0.29, 0.717) is 30.2 Å². The van der Waals surface area contributed by atoms with Crippen molar-refractivity contribution in [3.05, 3.63) is 82.2 Å². The van der Waals surface area contributed by atoms with Gasteiger partial charge in [-0.05, 0) is 48.0 Å². The van der Waals surface area contributed by atoms with Crippen LogP contribution in [0.2, 0.25) is 0 Å². The number of hydrogen-bond acceptors (Lipinski definition) is 4. The van der Waals surface area contributed by atoms with Gasteiger partial charge in [0.25, 0.3) is 5.91 Å². The van der Waals surface area contributed by atoms with Gasteiger partial charge in [-0.1, -0.05) is 28.1 Å². The van der Waals surface area contributed by atoms with E-state index in [0.717, 1.165) is 15.8 Å². The van der Waals surface area contributed by atoms with Gasteiger partial charge in [-0.2, -0.15) is 0 Å². The van der Waals surface area contributed by atoms with Gasteiger partial charge in [0.1, 0.15) is 5.76 Å². The van der Waals surface area contributed by atoms with E-state index in [4.69, 9.17) is 13.9 Å². The van der Waals surface area contributed by atoms with E-state index in [1.807, 2.05) is 48.5 Å². The van der Waals surface area contributed by atoms with Crippen LogP contribution in [0.5, 0.6) is 11.5 Å². The molecular weight excluding hydrogens is 410 g/mol. The van der Waals surface area contributed by atoms with Gasteiger partial charge in [0.05, 0.1) is 27.0 Å². The number of nitrogens with zero attached hydrogens (tertiary/aromatic N) is 1. The van der Waals surface area contributed by atoms with Crippen LogP contribution < -0.4 is 9.47 Å². The standard InChI is InChI=1S/C21H20BrNO4/c1-25-19-9-8-15(11-20(19)26-2)13-23(14-18-7-4-10-27-18)21(24)16-5-3-6-17(22)12-16/h3-12H,13-14H2,1-2H3. The summed E-state index contributed by atoms with van der Waals surface area (Å²) >= 11 is 3.42. The molecule has 0 aliphatic heterocycles. The van der Waals surface area contributed by atoms with Gasteiger partial charge in [-0.25, -0.2) is 0 Å². The van der Waals surface area contributed by atoms with E-state index < -0.39 is 0 Å². The maximum absolute atomic E-state index is 13.1. The fraction of sp³-hybridized carbons (Fsp3) is 0.190. The minimum Gasteiger partial charge on any atom is -0.493 e. The largest absolute Gasteiger partial charge is 0.493 e. The van der Waals surface area contributed by atoms with Gasteiger partial charge >= 0.3 is 0 Å². The molecule has 0 aliphatic rings. The fourth-order valence-corrected chi connectivity index (χ4v) is 3.19. The van der Waals surface area contributed by atoms with E-state index in [9.17, 15) is 4.79 Å². The van der Waals surface area contributed by atoms with Crippen molar-refractivity contribution in [1.82, 2.24) is 4.90 Å². The fourth-order valence-electron chi connectivity index (χ4n) is 2.79. The molecule has 3 aromatic rings. The zero-order chi connectivity index (χ0) is 19.2. The highest BCUT2D eigenvalue weighted by molar-refractivity contribution is 9.10.